The van der Waals surface area contributed by atoms with E-state index in [1.165, 1.54) is 4.90 Å². The number of nitrogens with one attached hydrogen (secondary N) is 1. The van der Waals surface area contributed by atoms with E-state index in [1.54, 1.807) is 6.07 Å². The van der Waals surface area contributed by atoms with Crippen molar-refractivity contribution < 1.29 is 14.4 Å². The SMILES string of the molecule is O=Cc1cc(-c2ccccc2)ccc1CN1CC(=O)NC1=O. The van der Waals surface area contributed by atoms with Gasteiger partial charge in [0.15, 0.2) is 0 Å². The number of hydrogen-bond donors (Lipinski definition) is 1. The van der Waals surface area contributed by atoms with Crippen molar-refractivity contribution in [2.24, 2.45) is 0 Å². The van der Waals surface area contributed by atoms with Crippen LogP contribution in [0.1, 0.15) is 15.9 Å². The van der Waals surface area contributed by atoms with E-state index in [0.717, 1.165) is 23.0 Å². The van der Waals surface area contributed by atoms with E-state index in [2.05, 4.69) is 5.32 Å². The monoisotopic (exact) mass is 294 g/mol. The highest BCUT2D eigenvalue weighted by Crippen LogP contribution is 2.23. The summed E-state index contributed by atoms with van der Waals surface area (Å²) in [6.45, 7) is 0.262. The molecule has 1 heterocycles. The van der Waals surface area contributed by atoms with Crippen LogP contribution >= 0.6 is 0 Å². The van der Waals surface area contributed by atoms with Crippen molar-refractivity contribution >= 4 is 18.2 Å². The molecule has 2 aromatic carbocycles. The smallest absolute Gasteiger partial charge is 0.311 e. The zero-order chi connectivity index (χ0) is 15.5. The van der Waals surface area contributed by atoms with Crippen LogP contribution in [0, 0.1) is 0 Å². The Bertz CT molecular complexity index is 741. The molecule has 22 heavy (non-hydrogen) atoms. The zero-order valence-electron chi connectivity index (χ0n) is 11.8. The van der Waals surface area contributed by atoms with Crippen molar-refractivity contribution in [2.45, 2.75) is 6.54 Å². The minimum absolute atomic E-state index is 0.0254. The lowest BCUT2D eigenvalue weighted by atomic mass is 9.99. The van der Waals surface area contributed by atoms with Crippen molar-refractivity contribution in [1.82, 2.24) is 10.2 Å². The van der Waals surface area contributed by atoms with Gasteiger partial charge in [-0.15, -0.1) is 0 Å². The maximum atomic E-state index is 11.6. The number of carbonyl (C=O) groups is 3. The normalized spacial score (nSPS) is 14.1. The number of urea groups is 1. The van der Waals surface area contributed by atoms with Crippen LogP contribution in [0.15, 0.2) is 48.5 Å². The molecule has 5 heteroatoms. The minimum atomic E-state index is -0.422. The molecule has 0 aromatic heterocycles. The standard InChI is InChI=1S/C17H14N2O3/c20-11-15-8-13(12-4-2-1-3-5-12)6-7-14(15)9-19-10-16(21)18-17(19)22/h1-8,11H,9-10H2,(H,18,21,22). The van der Waals surface area contributed by atoms with Gasteiger partial charge in [0.25, 0.3) is 0 Å². The molecule has 0 spiro atoms. The molecule has 1 saturated heterocycles. The van der Waals surface area contributed by atoms with Crippen molar-refractivity contribution in [3.05, 3.63) is 59.7 Å². The van der Waals surface area contributed by atoms with Gasteiger partial charge >= 0.3 is 6.03 Å². The molecule has 0 saturated carbocycles. The predicted molar refractivity (Wildman–Crippen MR) is 81.2 cm³/mol. The average Bonchev–Trinajstić information content (AvgIpc) is 2.86. The average molecular weight is 294 g/mol. The molecule has 0 radical (unpaired) electrons. The molecule has 3 rings (SSSR count). The summed E-state index contributed by atoms with van der Waals surface area (Å²) in [6, 6.07) is 14.8. The van der Waals surface area contributed by atoms with Gasteiger partial charge in [-0.25, -0.2) is 4.79 Å². The second-order valence-corrected chi connectivity index (χ2v) is 5.11. The van der Waals surface area contributed by atoms with Gasteiger partial charge in [0, 0.05) is 12.1 Å². The Balaban J connectivity index is 1.88. The van der Waals surface area contributed by atoms with Crippen LogP contribution in [0.25, 0.3) is 11.1 Å². The fourth-order valence-electron chi connectivity index (χ4n) is 2.48. The molecule has 2 aromatic rings. The van der Waals surface area contributed by atoms with Crippen LogP contribution in [0.2, 0.25) is 0 Å². The highest BCUT2D eigenvalue weighted by Gasteiger charge is 2.27. The van der Waals surface area contributed by atoms with Crippen LogP contribution in [0.4, 0.5) is 4.79 Å². The molecule has 0 unspecified atom stereocenters. The number of rotatable bonds is 4. The van der Waals surface area contributed by atoms with E-state index < -0.39 is 6.03 Å². The lowest BCUT2D eigenvalue weighted by molar-refractivity contribution is -0.118. The van der Waals surface area contributed by atoms with Crippen molar-refractivity contribution in [3.8, 4) is 11.1 Å². The summed E-state index contributed by atoms with van der Waals surface area (Å²) in [4.78, 5) is 35.5. The maximum absolute atomic E-state index is 11.6. The van der Waals surface area contributed by atoms with E-state index in [0.29, 0.717) is 5.56 Å². The van der Waals surface area contributed by atoms with E-state index in [4.69, 9.17) is 0 Å². The van der Waals surface area contributed by atoms with E-state index in [-0.39, 0.29) is 19.0 Å². The first-order chi connectivity index (χ1) is 10.7. The number of hydrogen-bond acceptors (Lipinski definition) is 3. The minimum Gasteiger partial charge on any atom is -0.311 e. The van der Waals surface area contributed by atoms with Crippen LogP contribution in [0.5, 0.6) is 0 Å². The Morgan fingerprint density at radius 1 is 1.05 bits per heavy atom. The lowest BCUT2D eigenvalue weighted by Crippen LogP contribution is -2.28. The fourth-order valence-corrected chi connectivity index (χ4v) is 2.48. The molecular weight excluding hydrogens is 280 g/mol. The Morgan fingerprint density at radius 2 is 1.82 bits per heavy atom. The molecular formula is C17H14N2O3. The summed E-state index contributed by atoms with van der Waals surface area (Å²) in [5, 5.41) is 2.22. The van der Waals surface area contributed by atoms with Gasteiger partial charge in [-0.05, 0) is 22.8 Å². The number of aldehydes is 1. The Hall–Kier alpha value is -2.95. The maximum Gasteiger partial charge on any atom is 0.324 e. The molecule has 1 N–H and O–H groups in total. The molecule has 1 aliphatic heterocycles. The first-order valence-corrected chi connectivity index (χ1v) is 6.89. The highest BCUT2D eigenvalue weighted by molar-refractivity contribution is 6.01. The zero-order valence-corrected chi connectivity index (χ0v) is 11.8. The van der Waals surface area contributed by atoms with Crippen molar-refractivity contribution in [2.75, 3.05) is 6.54 Å². The number of imide groups is 1. The molecule has 0 bridgehead atoms. The molecule has 110 valence electrons. The third kappa shape index (κ3) is 2.74. The number of carbonyl (C=O) groups excluding carboxylic acids is 3. The Labute approximate surface area is 127 Å². The molecule has 3 amide bonds. The fraction of sp³-hybridized carbons (Fsp3) is 0.118. The largest absolute Gasteiger partial charge is 0.324 e. The molecule has 0 atom stereocenters. The number of benzene rings is 2. The summed E-state index contributed by atoms with van der Waals surface area (Å²) in [7, 11) is 0. The first-order valence-electron chi connectivity index (χ1n) is 6.89. The molecule has 1 aliphatic rings. The van der Waals surface area contributed by atoms with Crippen molar-refractivity contribution in [3.63, 3.8) is 0 Å². The predicted octanol–water partition coefficient (Wildman–Crippen LogP) is 2.22. The number of amides is 3. The summed E-state index contributed by atoms with van der Waals surface area (Å²) in [5.74, 6) is -0.321. The van der Waals surface area contributed by atoms with Gasteiger partial charge in [0.1, 0.15) is 12.8 Å². The summed E-state index contributed by atoms with van der Waals surface area (Å²) in [5.41, 5.74) is 3.20. The van der Waals surface area contributed by atoms with E-state index in [1.807, 2.05) is 42.5 Å². The van der Waals surface area contributed by atoms with E-state index >= 15 is 0 Å². The van der Waals surface area contributed by atoms with Gasteiger partial charge in [-0.3, -0.25) is 14.9 Å². The summed E-state index contributed by atoms with van der Waals surface area (Å²) >= 11 is 0. The van der Waals surface area contributed by atoms with Crippen LogP contribution in [-0.2, 0) is 11.3 Å². The summed E-state index contributed by atoms with van der Waals surface area (Å²) in [6.07, 6.45) is 0.775. The van der Waals surface area contributed by atoms with Gasteiger partial charge < -0.3 is 4.90 Å². The third-order valence-corrected chi connectivity index (χ3v) is 3.61. The topological polar surface area (TPSA) is 66.5 Å². The lowest BCUT2D eigenvalue weighted by Gasteiger charge is -2.15. The summed E-state index contributed by atoms with van der Waals surface area (Å²) < 4.78 is 0. The van der Waals surface area contributed by atoms with Crippen LogP contribution in [0.3, 0.4) is 0 Å². The first kappa shape index (κ1) is 14.0. The van der Waals surface area contributed by atoms with Crippen molar-refractivity contribution in [1.29, 1.82) is 0 Å². The van der Waals surface area contributed by atoms with Gasteiger partial charge in [0.2, 0.25) is 5.91 Å². The molecule has 0 aliphatic carbocycles. The number of nitrogens with zero attached hydrogens (tertiary/aromatic N) is 1. The second-order valence-electron chi connectivity index (χ2n) is 5.11. The van der Waals surface area contributed by atoms with Crippen LogP contribution in [-0.4, -0.2) is 29.7 Å². The Kier molecular flexibility index (Phi) is 3.70. The molecule has 1 fully saturated rings. The Morgan fingerprint density at radius 3 is 2.45 bits per heavy atom. The quantitative estimate of drug-likeness (QED) is 0.694. The third-order valence-electron chi connectivity index (χ3n) is 3.61. The highest BCUT2D eigenvalue weighted by atomic mass is 16.2. The molecule has 5 nitrogen and oxygen atoms in total. The van der Waals surface area contributed by atoms with Gasteiger partial charge in [0.05, 0.1) is 0 Å². The second kappa shape index (κ2) is 5.81. The van der Waals surface area contributed by atoms with Gasteiger partial charge in [-0.2, -0.15) is 0 Å². The van der Waals surface area contributed by atoms with E-state index in [9.17, 15) is 14.4 Å². The van der Waals surface area contributed by atoms with Gasteiger partial charge in [-0.1, -0.05) is 42.5 Å². The van der Waals surface area contributed by atoms with Crippen LogP contribution < -0.4 is 5.32 Å².